The third-order valence-electron chi connectivity index (χ3n) is 2.11. The highest BCUT2D eigenvalue weighted by atomic mass is 35.5. The fraction of sp³-hybridized carbons (Fsp3) is 0.200. The molecule has 0 bridgehead atoms. The maximum atomic E-state index is 9.43. The summed E-state index contributed by atoms with van der Waals surface area (Å²) in [6.45, 7) is 2.09. The summed E-state index contributed by atoms with van der Waals surface area (Å²) < 4.78 is 1.14. The van der Waals surface area contributed by atoms with Gasteiger partial charge in [-0.05, 0) is 29.5 Å². The van der Waals surface area contributed by atoms with Gasteiger partial charge in [-0.25, -0.2) is 0 Å². The van der Waals surface area contributed by atoms with Crippen molar-refractivity contribution in [3.05, 3.63) is 28.1 Å². The first-order valence-corrected chi connectivity index (χ1v) is 5.37. The van der Waals surface area contributed by atoms with Crippen LogP contribution in [0.4, 0.5) is 0 Å². The molecule has 0 atom stereocenters. The van der Waals surface area contributed by atoms with E-state index in [1.165, 1.54) is 5.56 Å². The Bertz CT molecular complexity index is 447. The second-order valence-corrected chi connectivity index (χ2v) is 4.18. The van der Waals surface area contributed by atoms with Gasteiger partial charge in [0, 0.05) is 10.1 Å². The van der Waals surface area contributed by atoms with Crippen LogP contribution in [0.5, 0.6) is 5.75 Å². The van der Waals surface area contributed by atoms with Gasteiger partial charge in [-0.15, -0.1) is 11.3 Å². The zero-order chi connectivity index (χ0) is 9.42. The Morgan fingerprint density at radius 1 is 1.46 bits per heavy atom. The molecule has 1 nitrogen and oxygen atoms in total. The number of halogens is 1. The standard InChI is InChI=1S/C10H9ClOS/c1-2-6-5-13-8-4-3-7(12)10(11)9(6)8/h3-5,12H,2H2,1H3. The molecule has 1 heterocycles. The van der Waals surface area contributed by atoms with E-state index in [0.29, 0.717) is 5.02 Å². The van der Waals surface area contributed by atoms with Crippen LogP contribution in [0.2, 0.25) is 5.02 Å². The highest BCUT2D eigenvalue weighted by Gasteiger charge is 2.09. The van der Waals surface area contributed by atoms with Crippen LogP contribution in [0.25, 0.3) is 10.1 Å². The van der Waals surface area contributed by atoms with Crippen LogP contribution in [0.15, 0.2) is 17.5 Å². The molecule has 1 aromatic carbocycles. The van der Waals surface area contributed by atoms with Gasteiger partial charge in [0.15, 0.2) is 0 Å². The molecule has 1 aromatic heterocycles. The van der Waals surface area contributed by atoms with Crippen molar-refractivity contribution < 1.29 is 5.11 Å². The Labute approximate surface area is 85.6 Å². The summed E-state index contributed by atoms with van der Waals surface area (Å²) in [7, 11) is 0. The molecule has 0 aliphatic rings. The number of rotatable bonds is 1. The van der Waals surface area contributed by atoms with E-state index in [1.807, 2.05) is 6.07 Å². The smallest absolute Gasteiger partial charge is 0.134 e. The molecular formula is C10H9ClOS. The summed E-state index contributed by atoms with van der Waals surface area (Å²) in [6.07, 6.45) is 0.948. The van der Waals surface area contributed by atoms with E-state index in [1.54, 1.807) is 17.4 Å². The minimum absolute atomic E-state index is 0.169. The normalized spacial score (nSPS) is 10.9. The number of hydrogen-bond donors (Lipinski definition) is 1. The lowest BCUT2D eigenvalue weighted by atomic mass is 10.1. The number of phenolic OH excluding ortho intramolecular Hbond substituents is 1. The third kappa shape index (κ3) is 1.30. The number of fused-ring (bicyclic) bond motifs is 1. The van der Waals surface area contributed by atoms with Gasteiger partial charge in [-0.1, -0.05) is 18.5 Å². The summed E-state index contributed by atoms with van der Waals surface area (Å²) in [5, 5.41) is 13.0. The predicted molar refractivity (Wildman–Crippen MR) is 57.9 cm³/mol. The topological polar surface area (TPSA) is 20.2 Å². The zero-order valence-electron chi connectivity index (χ0n) is 7.17. The van der Waals surface area contributed by atoms with E-state index >= 15 is 0 Å². The van der Waals surface area contributed by atoms with Crippen molar-refractivity contribution in [3.63, 3.8) is 0 Å². The van der Waals surface area contributed by atoms with Crippen LogP contribution in [0, 0.1) is 0 Å². The maximum absolute atomic E-state index is 9.43. The molecular weight excluding hydrogens is 204 g/mol. The predicted octanol–water partition coefficient (Wildman–Crippen LogP) is 3.82. The van der Waals surface area contributed by atoms with Gasteiger partial charge in [0.25, 0.3) is 0 Å². The van der Waals surface area contributed by atoms with Gasteiger partial charge in [0.2, 0.25) is 0 Å². The number of hydrogen-bond acceptors (Lipinski definition) is 2. The van der Waals surface area contributed by atoms with Crippen molar-refractivity contribution in [1.82, 2.24) is 0 Å². The Kier molecular flexibility index (Phi) is 2.18. The third-order valence-corrected chi connectivity index (χ3v) is 3.49. The van der Waals surface area contributed by atoms with Gasteiger partial charge < -0.3 is 5.11 Å². The second-order valence-electron chi connectivity index (χ2n) is 2.89. The van der Waals surface area contributed by atoms with E-state index in [4.69, 9.17) is 11.6 Å². The molecule has 0 saturated heterocycles. The number of phenols is 1. The first-order chi connectivity index (χ1) is 6.24. The number of benzene rings is 1. The molecule has 0 fully saturated rings. The minimum Gasteiger partial charge on any atom is -0.506 e. The minimum atomic E-state index is 0.169. The average Bonchev–Trinajstić information content (AvgIpc) is 2.55. The van der Waals surface area contributed by atoms with Gasteiger partial charge in [-0.3, -0.25) is 0 Å². The Morgan fingerprint density at radius 3 is 2.92 bits per heavy atom. The van der Waals surface area contributed by atoms with Crippen LogP contribution in [-0.2, 0) is 6.42 Å². The van der Waals surface area contributed by atoms with Crippen molar-refractivity contribution in [3.8, 4) is 5.75 Å². The van der Waals surface area contributed by atoms with Crippen molar-refractivity contribution in [1.29, 1.82) is 0 Å². The van der Waals surface area contributed by atoms with Crippen molar-refractivity contribution in [2.24, 2.45) is 0 Å². The molecule has 13 heavy (non-hydrogen) atoms. The summed E-state index contributed by atoms with van der Waals surface area (Å²) in [5.74, 6) is 0.169. The highest BCUT2D eigenvalue weighted by molar-refractivity contribution is 7.17. The van der Waals surface area contributed by atoms with Gasteiger partial charge >= 0.3 is 0 Å². The van der Waals surface area contributed by atoms with Crippen LogP contribution in [0.1, 0.15) is 12.5 Å². The average molecular weight is 213 g/mol. The molecule has 3 heteroatoms. The lowest BCUT2D eigenvalue weighted by molar-refractivity contribution is 0.476. The Morgan fingerprint density at radius 2 is 2.23 bits per heavy atom. The molecule has 2 aromatic rings. The second kappa shape index (κ2) is 3.20. The van der Waals surface area contributed by atoms with Crippen LogP contribution in [0.3, 0.4) is 0 Å². The summed E-state index contributed by atoms with van der Waals surface area (Å²) in [4.78, 5) is 0. The van der Waals surface area contributed by atoms with E-state index in [-0.39, 0.29) is 5.75 Å². The van der Waals surface area contributed by atoms with Gasteiger partial charge in [0.05, 0.1) is 5.02 Å². The fourth-order valence-electron chi connectivity index (χ4n) is 1.40. The van der Waals surface area contributed by atoms with Crippen LogP contribution >= 0.6 is 22.9 Å². The summed E-state index contributed by atoms with van der Waals surface area (Å²) in [6, 6.07) is 3.54. The van der Waals surface area contributed by atoms with Crippen molar-refractivity contribution >= 4 is 33.0 Å². The highest BCUT2D eigenvalue weighted by Crippen LogP contribution is 2.37. The van der Waals surface area contributed by atoms with E-state index in [2.05, 4.69) is 12.3 Å². The summed E-state index contributed by atoms with van der Waals surface area (Å²) >= 11 is 7.67. The molecule has 0 amide bonds. The molecule has 0 spiro atoms. The van der Waals surface area contributed by atoms with E-state index in [9.17, 15) is 5.11 Å². The molecule has 0 radical (unpaired) electrons. The van der Waals surface area contributed by atoms with E-state index in [0.717, 1.165) is 16.5 Å². The summed E-state index contributed by atoms with van der Waals surface area (Å²) in [5.41, 5.74) is 1.21. The Hall–Kier alpha value is -0.730. The molecule has 68 valence electrons. The largest absolute Gasteiger partial charge is 0.506 e. The SMILES string of the molecule is CCc1csc2ccc(O)c(Cl)c12. The lowest BCUT2D eigenvalue weighted by Crippen LogP contribution is -1.77. The van der Waals surface area contributed by atoms with Gasteiger partial charge in [-0.2, -0.15) is 0 Å². The molecule has 1 N–H and O–H groups in total. The Balaban J connectivity index is 2.85. The van der Waals surface area contributed by atoms with Crippen LogP contribution in [-0.4, -0.2) is 5.11 Å². The fourth-order valence-corrected chi connectivity index (χ4v) is 2.79. The molecule has 0 aliphatic carbocycles. The monoisotopic (exact) mass is 212 g/mol. The van der Waals surface area contributed by atoms with Crippen LogP contribution < -0.4 is 0 Å². The molecule has 0 aliphatic heterocycles. The van der Waals surface area contributed by atoms with Gasteiger partial charge in [0.1, 0.15) is 5.75 Å². The molecule has 0 saturated carbocycles. The van der Waals surface area contributed by atoms with E-state index < -0.39 is 0 Å². The molecule has 0 unspecified atom stereocenters. The quantitative estimate of drug-likeness (QED) is 0.762. The number of aromatic hydroxyl groups is 1. The molecule has 2 rings (SSSR count). The van der Waals surface area contributed by atoms with Crippen molar-refractivity contribution in [2.75, 3.05) is 0 Å². The van der Waals surface area contributed by atoms with Crippen molar-refractivity contribution in [2.45, 2.75) is 13.3 Å². The first-order valence-electron chi connectivity index (χ1n) is 4.11. The number of thiophene rings is 1. The zero-order valence-corrected chi connectivity index (χ0v) is 8.75. The number of aryl methyl sites for hydroxylation is 1. The first kappa shape index (κ1) is 8.85. The lowest BCUT2D eigenvalue weighted by Gasteiger charge is -1.99. The maximum Gasteiger partial charge on any atom is 0.134 e.